The molecule has 0 bridgehead atoms. The van der Waals surface area contributed by atoms with Crippen molar-refractivity contribution in [3.05, 3.63) is 29.8 Å². The lowest BCUT2D eigenvalue weighted by Gasteiger charge is -2.36. The minimum atomic E-state index is 0.0277. The van der Waals surface area contributed by atoms with Crippen molar-refractivity contribution < 1.29 is 14.3 Å². The quantitative estimate of drug-likeness (QED) is 0.916. The number of carbonyl (C=O) groups is 2. The Hall–Kier alpha value is -2.24. The van der Waals surface area contributed by atoms with Crippen molar-refractivity contribution in [1.29, 1.82) is 0 Å². The maximum absolute atomic E-state index is 12.5. The predicted molar refractivity (Wildman–Crippen MR) is 82.0 cm³/mol. The summed E-state index contributed by atoms with van der Waals surface area (Å²) in [6.07, 6.45) is 1.69. The topological polar surface area (TPSA) is 61.9 Å². The van der Waals surface area contributed by atoms with Crippen molar-refractivity contribution in [2.24, 2.45) is 0 Å². The maximum atomic E-state index is 12.5. The lowest BCUT2D eigenvalue weighted by molar-refractivity contribution is 0.0666. The third-order valence-electron chi connectivity index (χ3n) is 4.42. The molecule has 2 heterocycles. The summed E-state index contributed by atoms with van der Waals surface area (Å²) < 4.78 is 5.11. The Balaban J connectivity index is 1.58. The first-order valence-corrected chi connectivity index (χ1v) is 7.67. The lowest BCUT2D eigenvalue weighted by atomic mass is 10.0. The maximum Gasteiger partial charge on any atom is 0.317 e. The zero-order valence-corrected chi connectivity index (χ0v) is 12.7. The van der Waals surface area contributed by atoms with Crippen molar-refractivity contribution >= 4 is 11.9 Å². The van der Waals surface area contributed by atoms with E-state index in [1.165, 1.54) is 0 Å². The zero-order valence-electron chi connectivity index (χ0n) is 12.7. The van der Waals surface area contributed by atoms with E-state index in [0.29, 0.717) is 18.7 Å². The molecule has 0 saturated carbocycles. The van der Waals surface area contributed by atoms with E-state index in [0.717, 1.165) is 31.7 Å². The Morgan fingerprint density at radius 2 is 1.86 bits per heavy atom. The summed E-state index contributed by atoms with van der Waals surface area (Å²) in [5.41, 5.74) is 0.679. The van der Waals surface area contributed by atoms with Crippen LogP contribution in [0.25, 0.3) is 0 Å². The summed E-state index contributed by atoms with van der Waals surface area (Å²) in [7, 11) is 1.61. The van der Waals surface area contributed by atoms with E-state index in [2.05, 4.69) is 5.32 Å². The highest BCUT2D eigenvalue weighted by molar-refractivity contribution is 5.94. The molecule has 2 aliphatic rings. The fourth-order valence-corrected chi connectivity index (χ4v) is 3.13. The van der Waals surface area contributed by atoms with Gasteiger partial charge in [0.05, 0.1) is 7.11 Å². The minimum Gasteiger partial charge on any atom is -0.497 e. The molecule has 22 heavy (non-hydrogen) atoms. The second-order valence-corrected chi connectivity index (χ2v) is 5.68. The van der Waals surface area contributed by atoms with Gasteiger partial charge >= 0.3 is 6.03 Å². The zero-order chi connectivity index (χ0) is 15.5. The van der Waals surface area contributed by atoms with Crippen molar-refractivity contribution in [1.82, 2.24) is 15.1 Å². The molecule has 3 amide bonds. The average Bonchev–Trinajstić information content (AvgIpc) is 3.00. The second-order valence-electron chi connectivity index (χ2n) is 5.68. The van der Waals surface area contributed by atoms with Gasteiger partial charge in [0.1, 0.15) is 5.75 Å². The highest BCUT2D eigenvalue weighted by atomic mass is 16.5. The van der Waals surface area contributed by atoms with Crippen LogP contribution in [0.15, 0.2) is 24.3 Å². The Bertz CT molecular complexity index is 550. The molecule has 1 N–H and O–H groups in total. The molecule has 2 fully saturated rings. The van der Waals surface area contributed by atoms with Crippen LogP contribution in [0.3, 0.4) is 0 Å². The highest BCUT2D eigenvalue weighted by Gasteiger charge is 2.32. The number of hydrogen-bond donors (Lipinski definition) is 1. The summed E-state index contributed by atoms with van der Waals surface area (Å²) in [5, 5.41) is 2.83. The molecule has 0 atom stereocenters. The average molecular weight is 303 g/mol. The predicted octanol–water partition coefficient (Wildman–Crippen LogP) is 1.33. The van der Waals surface area contributed by atoms with Gasteiger partial charge in [0.15, 0.2) is 0 Å². The fourth-order valence-electron chi connectivity index (χ4n) is 3.13. The molecule has 6 nitrogen and oxygen atoms in total. The molecular formula is C16H21N3O3. The molecule has 0 radical (unpaired) electrons. The highest BCUT2D eigenvalue weighted by Crippen LogP contribution is 2.20. The van der Waals surface area contributed by atoms with Crippen molar-refractivity contribution in [3.63, 3.8) is 0 Å². The smallest absolute Gasteiger partial charge is 0.317 e. The molecule has 0 aliphatic carbocycles. The number of nitrogens with one attached hydrogen (secondary N) is 1. The third-order valence-corrected chi connectivity index (χ3v) is 4.42. The van der Waals surface area contributed by atoms with E-state index in [1.54, 1.807) is 31.4 Å². The van der Waals surface area contributed by atoms with E-state index in [4.69, 9.17) is 4.74 Å². The standard InChI is InChI=1S/C16H21N3O3/c1-22-14-4-2-12(3-5-14)15(20)18-9-6-13(7-10-18)19-11-8-17-16(19)21/h2-5,13H,6-11H2,1H3,(H,17,21). The largest absolute Gasteiger partial charge is 0.497 e. The van der Waals surface area contributed by atoms with Gasteiger partial charge in [0.25, 0.3) is 5.91 Å². The summed E-state index contributed by atoms with van der Waals surface area (Å²) in [6.45, 7) is 2.89. The van der Waals surface area contributed by atoms with Crippen LogP contribution in [-0.4, -0.2) is 61.1 Å². The van der Waals surface area contributed by atoms with Gasteiger partial charge in [-0.1, -0.05) is 0 Å². The molecule has 3 rings (SSSR count). The summed E-state index contributed by atoms with van der Waals surface area (Å²) in [6, 6.07) is 7.47. The first kappa shape index (κ1) is 14.7. The van der Waals surface area contributed by atoms with Gasteiger partial charge in [0.2, 0.25) is 0 Å². The molecule has 1 aromatic carbocycles. The van der Waals surface area contributed by atoms with E-state index in [9.17, 15) is 9.59 Å². The Labute approximate surface area is 130 Å². The van der Waals surface area contributed by atoms with Crippen LogP contribution >= 0.6 is 0 Å². The first-order valence-electron chi connectivity index (χ1n) is 7.67. The van der Waals surface area contributed by atoms with Gasteiger partial charge < -0.3 is 19.9 Å². The number of hydrogen-bond acceptors (Lipinski definition) is 3. The number of nitrogens with zero attached hydrogens (tertiary/aromatic N) is 2. The number of likely N-dealkylation sites (tertiary alicyclic amines) is 1. The summed E-state index contributed by atoms with van der Waals surface area (Å²) in [4.78, 5) is 27.9. The number of methoxy groups -OCH3 is 1. The van der Waals surface area contributed by atoms with Crippen LogP contribution in [0, 0.1) is 0 Å². The van der Waals surface area contributed by atoms with Crippen molar-refractivity contribution in [2.45, 2.75) is 18.9 Å². The Kier molecular flexibility index (Phi) is 4.18. The molecular weight excluding hydrogens is 282 g/mol. The Morgan fingerprint density at radius 1 is 1.18 bits per heavy atom. The van der Waals surface area contributed by atoms with Gasteiger partial charge in [-0.25, -0.2) is 4.79 Å². The van der Waals surface area contributed by atoms with Gasteiger partial charge in [-0.05, 0) is 37.1 Å². The lowest BCUT2D eigenvalue weighted by Crippen LogP contribution is -2.47. The van der Waals surface area contributed by atoms with E-state index in [1.807, 2.05) is 9.80 Å². The fraction of sp³-hybridized carbons (Fsp3) is 0.500. The molecule has 118 valence electrons. The number of benzene rings is 1. The van der Waals surface area contributed by atoms with Crippen LogP contribution in [0.2, 0.25) is 0 Å². The number of ether oxygens (including phenoxy) is 1. The summed E-state index contributed by atoms with van der Waals surface area (Å²) >= 11 is 0. The molecule has 2 saturated heterocycles. The molecule has 0 spiro atoms. The van der Waals surface area contributed by atoms with E-state index >= 15 is 0 Å². The first-order chi connectivity index (χ1) is 10.7. The monoisotopic (exact) mass is 303 g/mol. The number of piperidine rings is 1. The molecule has 0 unspecified atom stereocenters. The number of rotatable bonds is 3. The van der Waals surface area contributed by atoms with Crippen LogP contribution in [0.1, 0.15) is 23.2 Å². The van der Waals surface area contributed by atoms with Gasteiger partial charge in [0, 0.05) is 37.8 Å². The van der Waals surface area contributed by atoms with E-state index in [-0.39, 0.29) is 18.0 Å². The number of amides is 3. The van der Waals surface area contributed by atoms with Crippen LogP contribution in [0.5, 0.6) is 5.75 Å². The van der Waals surface area contributed by atoms with Crippen molar-refractivity contribution in [2.75, 3.05) is 33.3 Å². The third kappa shape index (κ3) is 2.86. The SMILES string of the molecule is COc1ccc(C(=O)N2CCC(N3CCNC3=O)CC2)cc1. The van der Waals surface area contributed by atoms with Gasteiger partial charge in [-0.3, -0.25) is 4.79 Å². The van der Waals surface area contributed by atoms with Crippen LogP contribution < -0.4 is 10.1 Å². The molecule has 0 aromatic heterocycles. The van der Waals surface area contributed by atoms with Crippen LogP contribution in [-0.2, 0) is 0 Å². The summed E-state index contributed by atoms with van der Waals surface area (Å²) in [5.74, 6) is 0.794. The molecule has 6 heteroatoms. The second kappa shape index (κ2) is 6.25. The normalized spacial score (nSPS) is 19.2. The van der Waals surface area contributed by atoms with E-state index < -0.39 is 0 Å². The van der Waals surface area contributed by atoms with Crippen LogP contribution in [0.4, 0.5) is 4.79 Å². The Morgan fingerprint density at radius 3 is 2.41 bits per heavy atom. The minimum absolute atomic E-state index is 0.0277. The molecule has 2 aliphatic heterocycles. The number of urea groups is 1. The van der Waals surface area contributed by atoms with Gasteiger partial charge in [-0.15, -0.1) is 0 Å². The van der Waals surface area contributed by atoms with Crippen molar-refractivity contribution in [3.8, 4) is 5.75 Å². The number of carbonyl (C=O) groups excluding carboxylic acids is 2. The molecule has 1 aromatic rings. The van der Waals surface area contributed by atoms with Gasteiger partial charge in [-0.2, -0.15) is 0 Å².